The molecule has 3 unspecified atom stereocenters. The Morgan fingerprint density at radius 3 is 2.82 bits per heavy atom. The molecule has 62 valence electrons. The Bertz CT molecular complexity index is 165. The number of carboxylic acid groups (broad SMARTS) is 1. The average Bonchev–Trinajstić information content (AvgIpc) is 2.23. The van der Waals surface area contributed by atoms with E-state index in [2.05, 4.69) is 0 Å². The van der Waals surface area contributed by atoms with Crippen molar-refractivity contribution < 1.29 is 9.90 Å². The van der Waals surface area contributed by atoms with E-state index >= 15 is 0 Å². The fourth-order valence-corrected chi connectivity index (χ4v) is 3.97. The lowest BCUT2D eigenvalue weighted by Gasteiger charge is -2.24. The zero-order valence-corrected chi connectivity index (χ0v) is 7.14. The van der Waals surface area contributed by atoms with Crippen molar-refractivity contribution in [3.8, 4) is 0 Å². The van der Waals surface area contributed by atoms with Crippen LogP contribution in [0.2, 0.25) is 0 Å². The molecule has 2 fully saturated rings. The average molecular weight is 172 g/mol. The zero-order chi connectivity index (χ0) is 7.84. The fourth-order valence-electron chi connectivity index (χ4n) is 2.23. The lowest BCUT2D eigenvalue weighted by Crippen LogP contribution is -2.31. The van der Waals surface area contributed by atoms with Crippen molar-refractivity contribution in [2.45, 2.75) is 24.5 Å². The van der Waals surface area contributed by atoms with Crippen molar-refractivity contribution in [2.24, 2.45) is 11.8 Å². The molecule has 11 heavy (non-hydrogen) atoms. The van der Waals surface area contributed by atoms with Crippen molar-refractivity contribution in [3.63, 3.8) is 0 Å². The molecule has 0 amide bonds. The molecule has 0 aromatic heterocycles. The molecular formula is C8H12O2S. The monoisotopic (exact) mass is 172 g/mol. The molecule has 2 bridgehead atoms. The lowest BCUT2D eigenvalue weighted by atomic mass is 9.80. The Hall–Kier alpha value is -0.180. The third-order valence-electron chi connectivity index (χ3n) is 2.78. The molecule has 2 rings (SSSR count). The van der Waals surface area contributed by atoms with Gasteiger partial charge in [0.05, 0.1) is 5.92 Å². The van der Waals surface area contributed by atoms with Crippen LogP contribution in [0, 0.1) is 11.8 Å². The van der Waals surface area contributed by atoms with Crippen LogP contribution in [-0.4, -0.2) is 22.1 Å². The maximum Gasteiger partial charge on any atom is 0.307 e. The van der Waals surface area contributed by atoms with Gasteiger partial charge in [0, 0.05) is 5.25 Å². The predicted molar refractivity (Wildman–Crippen MR) is 44.7 cm³/mol. The zero-order valence-electron chi connectivity index (χ0n) is 6.32. The van der Waals surface area contributed by atoms with E-state index in [-0.39, 0.29) is 5.92 Å². The van der Waals surface area contributed by atoms with Gasteiger partial charge in [-0.25, -0.2) is 0 Å². The standard InChI is InChI=1S/C8H12O2S/c9-8(10)7-5-2-1-3-6(7)11-4-5/h5-7H,1-4H2,(H,9,10). The largest absolute Gasteiger partial charge is 0.481 e. The van der Waals surface area contributed by atoms with Crippen LogP contribution in [0.15, 0.2) is 0 Å². The third-order valence-corrected chi connectivity index (χ3v) is 4.36. The summed E-state index contributed by atoms with van der Waals surface area (Å²) in [6.07, 6.45) is 3.50. The minimum absolute atomic E-state index is 0.0197. The molecule has 3 heteroatoms. The molecule has 0 radical (unpaired) electrons. The van der Waals surface area contributed by atoms with E-state index in [0.717, 1.165) is 18.6 Å². The molecule has 1 saturated carbocycles. The molecule has 1 heterocycles. The molecule has 1 saturated heterocycles. The summed E-state index contributed by atoms with van der Waals surface area (Å²) in [6.45, 7) is 0. The normalized spacial score (nSPS) is 42.4. The lowest BCUT2D eigenvalue weighted by molar-refractivity contribution is -0.143. The second-order valence-corrected chi connectivity index (χ2v) is 4.70. The summed E-state index contributed by atoms with van der Waals surface area (Å²) in [5.74, 6) is 0.983. The van der Waals surface area contributed by atoms with Crippen molar-refractivity contribution >= 4 is 17.7 Å². The van der Waals surface area contributed by atoms with Gasteiger partial charge in [0.1, 0.15) is 0 Å². The molecule has 0 aromatic carbocycles. The van der Waals surface area contributed by atoms with Crippen LogP contribution in [0.25, 0.3) is 0 Å². The van der Waals surface area contributed by atoms with Gasteiger partial charge >= 0.3 is 5.97 Å². The number of hydrogen-bond donors (Lipinski definition) is 1. The van der Waals surface area contributed by atoms with E-state index < -0.39 is 5.97 Å². The van der Waals surface area contributed by atoms with Crippen LogP contribution in [0.4, 0.5) is 0 Å². The summed E-state index contributed by atoms with van der Waals surface area (Å²) in [5, 5.41) is 9.34. The number of carbonyl (C=O) groups is 1. The highest BCUT2D eigenvalue weighted by Crippen LogP contribution is 2.46. The van der Waals surface area contributed by atoms with Gasteiger partial charge in [-0.15, -0.1) is 0 Å². The molecule has 2 nitrogen and oxygen atoms in total. The van der Waals surface area contributed by atoms with Gasteiger partial charge in [-0.05, 0) is 24.5 Å². The van der Waals surface area contributed by atoms with E-state index in [9.17, 15) is 4.79 Å². The molecule has 1 aliphatic heterocycles. The van der Waals surface area contributed by atoms with Crippen LogP contribution < -0.4 is 0 Å². The van der Waals surface area contributed by atoms with Gasteiger partial charge in [0.25, 0.3) is 0 Å². The molecular weight excluding hydrogens is 160 g/mol. The number of rotatable bonds is 1. The number of hydrogen-bond acceptors (Lipinski definition) is 2. The van der Waals surface area contributed by atoms with Crippen LogP contribution in [0.1, 0.15) is 19.3 Å². The molecule has 2 aliphatic rings. The van der Waals surface area contributed by atoms with Gasteiger partial charge in [0.15, 0.2) is 0 Å². The Kier molecular flexibility index (Phi) is 1.83. The summed E-state index contributed by atoms with van der Waals surface area (Å²) in [5.41, 5.74) is 0. The molecule has 1 aliphatic carbocycles. The van der Waals surface area contributed by atoms with Crippen molar-refractivity contribution in [1.82, 2.24) is 0 Å². The van der Waals surface area contributed by atoms with Gasteiger partial charge in [-0.2, -0.15) is 11.8 Å². The highest BCUT2D eigenvalue weighted by atomic mass is 32.2. The van der Waals surface area contributed by atoms with E-state index in [0.29, 0.717) is 11.2 Å². The van der Waals surface area contributed by atoms with Gasteiger partial charge in [-0.1, -0.05) is 6.42 Å². The summed E-state index contributed by atoms with van der Waals surface area (Å²) in [4.78, 5) is 10.8. The quantitative estimate of drug-likeness (QED) is 0.652. The fraction of sp³-hybridized carbons (Fsp3) is 0.875. The van der Waals surface area contributed by atoms with E-state index in [1.165, 1.54) is 6.42 Å². The van der Waals surface area contributed by atoms with Gasteiger partial charge in [-0.3, -0.25) is 4.79 Å². The van der Waals surface area contributed by atoms with Crippen molar-refractivity contribution in [3.05, 3.63) is 0 Å². The van der Waals surface area contributed by atoms with Gasteiger partial charge < -0.3 is 5.11 Å². The first-order valence-corrected chi connectivity index (χ1v) is 5.18. The highest BCUT2D eigenvalue weighted by Gasteiger charge is 2.43. The topological polar surface area (TPSA) is 37.3 Å². The van der Waals surface area contributed by atoms with Crippen LogP contribution >= 0.6 is 11.8 Å². The second-order valence-electron chi connectivity index (χ2n) is 3.43. The Labute approximate surface area is 70.4 Å². The number of fused-ring (bicyclic) bond motifs is 2. The van der Waals surface area contributed by atoms with Crippen LogP contribution in [0.5, 0.6) is 0 Å². The first-order chi connectivity index (χ1) is 5.29. The predicted octanol–water partition coefficient (Wildman–Crippen LogP) is 1.60. The Morgan fingerprint density at radius 1 is 1.45 bits per heavy atom. The maximum atomic E-state index is 10.8. The SMILES string of the molecule is O=C(O)C1C2CCCC1SC2. The Morgan fingerprint density at radius 2 is 2.27 bits per heavy atom. The number of aliphatic carboxylic acids is 1. The molecule has 0 spiro atoms. The summed E-state index contributed by atoms with van der Waals surface area (Å²) >= 11 is 1.87. The minimum Gasteiger partial charge on any atom is -0.481 e. The maximum absolute atomic E-state index is 10.8. The third kappa shape index (κ3) is 1.15. The molecule has 3 atom stereocenters. The minimum atomic E-state index is -0.565. The molecule has 1 N–H and O–H groups in total. The summed E-state index contributed by atoms with van der Waals surface area (Å²) < 4.78 is 0. The highest BCUT2D eigenvalue weighted by molar-refractivity contribution is 8.00. The van der Waals surface area contributed by atoms with E-state index in [1.54, 1.807) is 0 Å². The smallest absolute Gasteiger partial charge is 0.307 e. The second kappa shape index (κ2) is 2.70. The van der Waals surface area contributed by atoms with Crippen LogP contribution in [0.3, 0.4) is 0 Å². The first-order valence-electron chi connectivity index (χ1n) is 4.13. The number of thioether (sulfide) groups is 1. The molecule has 0 aromatic rings. The first kappa shape index (κ1) is 7.47. The van der Waals surface area contributed by atoms with E-state index in [4.69, 9.17) is 5.11 Å². The number of carboxylic acids is 1. The summed E-state index contributed by atoms with van der Waals surface area (Å²) in [7, 11) is 0. The van der Waals surface area contributed by atoms with Crippen molar-refractivity contribution in [2.75, 3.05) is 5.75 Å². The van der Waals surface area contributed by atoms with Crippen molar-refractivity contribution in [1.29, 1.82) is 0 Å². The summed E-state index contributed by atoms with van der Waals surface area (Å²) in [6, 6.07) is 0. The van der Waals surface area contributed by atoms with Crippen LogP contribution in [-0.2, 0) is 4.79 Å². The van der Waals surface area contributed by atoms with E-state index in [1.807, 2.05) is 11.8 Å². The Balaban J connectivity index is 2.15. The van der Waals surface area contributed by atoms with Gasteiger partial charge in [0.2, 0.25) is 0 Å².